The van der Waals surface area contributed by atoms with Crippen LogP contribution in [0, 0.1) is 22.7 Å². The number of nitrogens with zero attached hydrogens (tertiary/aromatic N) is 4. The SMILES string of the molecule is N#CC(=Cc1ccc(-c2ccc(Cl)cc2)o1)c1nn(-c2ccccc2)c(N)c1C#N. The smallest absolute Gasteiger partial charge is 0.145 e. The highest BCUT2D eigenvalue weighted by atomic mass is 35.5. The van der Waals surface area contributed by atoms with Gasteiger partial charge in [0.2, 0.25) is 0 Å². The number of anilines is 1. The number of hydrogen-bond acceptors (Lipinski definition) is 5. The van der Waals surface area contributed by atoms with Crippen LogP contribution in [0.4, 0.5) is 5.82 Å². The molecule has 0 aliphatic rings. The third-order valence-corrected chi connectivity index (χ3v) is 4.70. The summed E-state index contributed by atoms with van der Waals surface area (Å²) in [7, 11) is 0. The fourth-order valence-electron chi connectivity index (χ4n) is 2.99. The van der Waals surface area contributed by atoms with Crippen LogP contribution in [0.2, 0.25) is 5.02 Å². The monoisotopic (exact) mass is 411 g/mol. The summed E-state index contributed by atoms with van der Waals surface area (Å²) in [6.45, 7) is 0. The lowest BCUT2D eigenvalue weighted by Crippen LogP contribution is -2.02. The van der Waals surface area contributed by atoms with E-state index in [1.165, 1.54) is 10.8 Å². The van der Waals surface area contributed by atoms with E-state index in [0.717, 1.165) is 5.56 Å². The highest BCUT2D eigenvalue weighted by Gasteiger charge is 2.20. The molecule has 4 aromatic rings. The summed E-state index contributed by atoms with van der Waals surface area (Å²) in [6, 6.07) is 24.1. The Kier molecular flexibility index (Phi) is 5.09. The van der Waals surface area contributed by atoms with E-state index in [1.807, 2.05) is 48.5 Å². The van der Waals surface area contributed by atoms with E-state index in [2.05, 4.69) is 11.2 Å². The zero-order chi connectivity index (χ0) is 21.1. The fourth-order valence-corrected chi connectivity index (χ4v) is 3.12. The molecule has 2 heterocycles. The van der Waals surface area contributed by atoms with Gasteiger partial charge in [-0.05, 0) is 48.5 Å². The summed E-state index contributed by atoms with van der Waals surface area (Å²) in [6.07, 6.45) is 1.54. The van der Waals surface area contributed by atoms with E-state index >= 15 is 0 Å². The van der Waals surface area contributed by atoms with E-state index < -0.39 is 0 Å². The van der Waals surface area contributed by atoms with Gasteiger partial charge in [0.15, 0.2) is 0 Å². The molecule has 0 aliphatic heterocycles. The molecule has 2 aromatic heterocycles. The van der Waals surface area contributed by atoms with Gasteiger partial charge < -0.3 is 10.2 Å². The Morgan fingerprint density at radius 3 is 2.43 bits per heavy atom. The van der Waals surface area contributed by atoms with Crippen molar-refractivity contribution in [3.8, 4) is 29.1 Å². The number of para-hydroxylation sites is 1. The van der Waals surface area contributed by atoms with Gasteiger partial charge in [0, 0.05) is 16.7 Å². The van der Waals surface area contributed by atoms with Gasteiger partial charge in [0.25, 0.3) is 0 Å². The van der Waals surface area contributed by atoms with Crippen molar-refractivity contribution >= 4 is 29.1 Å². The molecule has 7 heteroatoms. The van der Waals surface area contributed by atoms with Gasteiger partial charge in [-0.3, -0.25) is 0 Å². The molecule has 0 atom stereocenters. The number of furan rings is 1. The molecule has 4 rings (SSSR count). The second-order valence-corrected chi connectivity index (χ2v) is 6.78. The summed E-state index contributed by atoms with van der Waals surface area (Å²) in [4.78, 5) is 0. The molecule has 0 unspecified atom stereocenters. The van der Waals surface area contributed by atoms with Crippen LogP contribution in [-0.2, 0) is 0 Å². The zero-order valence-electron chi connectivity index (χ0n) is 15.6. The maximum atomic E-state index is 9.71. The average molecular weight is 412 g/mol. The van der Waals surface area contributed by atoms with Crippen LogP contribution in [0.3, 0.4) is 0 Å². The van der Waals surface area contributed by atoms with Gasteiger partial charge in [-0.2, -0.15) is 15.6 Å². The summed E-state index contributed by atoms with van der Waals surface area (Å²) in [5, 5.41) is 24.3. The molecular formula is C23H14ClN5O. The number of aromatic nitrogens is 2. The summed E-state index contributed by atoms with van der Waals surface area (Å²) in [5.41, 5.74) is 8.19. The highest BCUT2D eigenvalue weighted by Crippen LogP contribution is 2.29. The molecule has 30 heavy (non-hydrogen) atoms. The third kappa shape index (κ3) is 3.56. The van der Waals surface area contributed by atoms with Crippen molar-refractivity contribution in [3.63, 3.8) is 0 Å². The maximum Gasteiger partial charge on any atom is 0.145 e. The van der Waals surface area contributed by atoms with Gasteiger partial charge in [-0.25, -0.2) is 4.68 Å². The van der Waals surface area contributed by atoms with E-state index in [0.29, 0.717) is 22.2 Å². The van der Waals surface area contributed by atoms with Crippen molar-refractivity contribution in [2.75, 3.05) is 5.73 Å². The van der Waals surface area contributed by atoms with Crippen molar-refractivity contribution in [2.45, 2.75) is 0 Å². The van der Waals surface area contributed by atoms with Gasteiger partial charge in [-0.1, -0.05) is 29.8 Å². The maximum absolute atomic E-state index is 9.71. The predicted octanol–water partition coefficient (Wildman–Crippen LogP) is 5.30. The number of benzene rings is 2. The van der Waals surface area contributed by atoms with Gasteiger partial charge >= 0.3 is 0 Å². The van der Waals surface area contributed by atoms with Gasteiger partial charge in [0.1, 0.15) is 40.7 Å². The molecule has 0 spiro atoms. The fraction of sp³-hybridized carbons (Fsp3) is 0. The first-order chi connectivity index (χ1) is 14.6. The molecule has 0 amide bonds. The molecule has 0 saturated heterocycles. The number of rotatable bonds is 4. The second kappa shape index (κ2) is 8.00. The van der Waals surface area contributed by atoms with E-state index in [4.69, 9.17) is 21.8 Å². The Morgan fingerprint density at radius 1 is 1.03 bits per heavy atom. The van der Waals surface area contributed by atoms with Crippen LogP contribution >= 0.6 is 11.6 Å². The number of halogens is 1. The Morgan fingerprint density at radius 2 is 1.77 bits per heavy atom. The number of allylic oxidation sites excluding steroid dienone is 1. The number of hydrogen-bond donors (Lipinski definition) is 1. The molecular weight excluding hydrogens is 398 g/mol. The van der Waals surface area contributed by atoms with Crippen molar-refractivity contribution in [2.24, 2.45) is 0 Å². The Bertz CT molecular complexity index is 1320. The minimum absolute atomic E-state index is 0.135. The van der Waals surface area contributed by atoms with Gasteiger partial charge in [0.05, 0.1) is 11.3 Å². The standard InChI is InChI=1S/C23H14ClN5O/c24-17-8-6-15(7-9-17)21-11-10-19(30-21)12-16(13-25)22-20(14-26)23(27)29(28-22)18-4-2-1-3-5-18/h1-12H,27H2. The average Bonchev–Trinajstić information content (AvgIpc) is 3.37. The third-order valence-electron chi connectivity index (χ3n) is 4.45. The summed E-state index contributed by atoms with van der Waals surface area (Å²) in [5.74, 6) is 1.25. The Hall–Kier alpha value is -4.26. The Labute approximate surface area is 177 Å². The normalized spacial score (nSPS) is 11.1. The largest absolute Gasteiger partial charge is 0.457 e. The summed E-state index contributed by atoms with van der Waals surface area (Å²) >= 11 is 5.93. The van der Waals surface area contributed by atoms with Crippen LogP contribution in [-0.4, -0.2) is 9.78 Å². The molecule has 2 N–H and O–H groups in total. The topological polar surface area (TPSA) is 105 Å². The predicted molar refractivity (Wildman–Crippen MR) is 115 cm³/mol. The van der Waals surface area contributed by atoms with Crippen LogP contribution in [0.1, 0.15) is 17.0 Å². The highest BCUT2D eigenvalue weighted by molar-refractivity contribution is 6.30. The Balaban J connectivity index is 1.75. The molecule has 0 radical (unpaired) electrons. The van der Waals surface area contributed by atoms with Crippen molar-refractivity contribution in [1.29, 1.82) is 10.5 Å². The van der Waals surface area contributed by atoms with Crippen LogP contribution in [0.25, 0.3) is 28.7 Å². The zero-order valence-corrected chi connectivity index (χ0v) is 16.3. The quantitative estimate of drug-likeness (QED) is 0.458. The van der Waals surface area contributed by atoms with Crippen LogP contribution < -0.4 is 5.73 Å². The van der Waals surface area contributed by atoms with E-state index in [9.17, 15) is 10.5 Å². The van der Waals surface area contributed by atoms with Crippen LogP contribution in [0.5, 0.6) is 0 Å². The lowest BCUT2D eigenvalue weighted by Gasteiger charge is -2.02. The molecule has 0 aliphatic carbocycles. The lowest BCUT2D eigenvalue weighted by atomic mass is 10.1. The molecule has 0 fully saturated rings. The van der Waals surface area contributed by atoms with Gasteiger partial charge in [-0.15, -0.1) is 0 Å². The second-order valence-electron chi connectivity index (χ2n) is 6.35. The first-order valence-electron chi connectivity index (χ1n) is 8.92. The first-order valence-corrected chi connectivity index (χ1v) is 9.30. The van der Waals surface area contributed by atoms with Crippen LogP contribution in [0.15, 0.2) is 71.1 Å². The molecule has 6 nitrogen and oxygen atoms in total. The minimum atomic E-state index is 0.135. The van der Waals surface area contributed by atoms with Crippen molar-refractivity contribution < 1.29 is 4.42 Å². The molecule has 0 bridgehead atoms. The van der Waals surface area contributed by atoms with E-state index in [-0.39, 0.29) is 22.6 Å². The number of nitrogens with two attached hydrogens (primary N) is 1. The lowest BCUT2D eigenvalue weighted by molar-refractivity contribution is 0.572. The molecule has 0 saturated carbocycles. The van der Waals surface area contributed by atoms with Crippen molar-refractivity contribution in [3.05, 3.63) is 88.8 Å². The first kappa shape index (κ1) is 19.1. The molecule has 144 valence electrons. The minimum Gasteiger partial charge on any atom is -0.457 e. The number of nitriles is 2. The summed E-state index contributed by atoms with van der Waals surface area (Å²) < 4.78 is 7.28. The van der Waals surface area contributed by atoms with E-state index in [1.54, 1.807) is 24.3 Å². The van der Waals surface area contributed by atoms with Crippen molar-refractivity contribution in [1.82, 2.24) is 9.78 Å². The molecule has 2 aromatic carbocycles. The number of nitrogen functional groups attached to an aromatic ring is 1.